The zero-order valence-corrected chi connectivity index (χ0v) is 12.5. The third-order valence-electron chi connectivity index (χ3n) is 4.27. The third kappa shape index (κ3) is 1.74. The first-order valence-electron chi connectivity index (χ1n) is 6.94. The number of hydrogen-bond donors (Lipinski definition) is 0. The summed E-state index contributed by atoms with van der Waals surface area (Å²) >= 11 is 0. The van der Waals surface area contributed by atoms with Crippen LogP contribution >= 0.6 is 0 Å². The topological polar surface area (TPSA) is 35.5 Å². The number of ether oxygens (including phenoxy) is 2. The second-order valence-corrected chi connectivity index (χ2v) is 5.37. The highest BCUT2D eigenvalue weighted by molar-refractivity contribution is 5.98. The minimum atomic E-state index is -0.874. The molecule has 3 heteroatoms. The Labute approximate surface area is 124 Å². The van der Waals surface area contributed by atoms with Crippen LogP contribution in [0.15, 0.2) is 42.5 Å². The van der Waals surface area contributed by atoms with Gasteiger partial charge in [-0.15, -0.1) is 0 Å². The summed E-state index contributed by atoms with van der Waals surface area (Å²) in [5.74, 6) is -0.273. The van der Waals surface area contributed by atoms with E-state index in [0.29, 0.717) is 0 Å². The molecule has 0 radical (unpaired) electrons. The molecule has 1 aliphatic carbocycles. The van der Waals surface area contributed by atoms with Gasteiger partial charge in [-0.25, -0.2) is 0 Å². The van der Waals surface area contributed by atoms with Crippen LogP contribution in [-0.2, 0) is 19.7 Å². The summed E-state index contributed by atoms with van der Waals surface area (Å²) in [6.45, 7) is 2.30. The van der Waals surface area contributed by atoms with E-state index in [1.54, 1.807) is 7.11 Å². The average molecular weight is 282 g/mol. The summed E-state index contributed by atoms with van der Waals surface area (Å²) in [4.78, 5) is 12.7. The molecule has 0 bridgehead atoms. The van der Waals surface area contributed by atoms with E-state index >= 15 is 0 Å². The van der Waals surface area contributed by atoms with E-state index in [1.807, 2.05) is 43.3 Å². The Morgan fingerprint density at radius 2 is 1.76 bits per heavy atom. The summed E-state index contributed by atoms with van der Waals surface area (Å²) in [6, 6.07) is 14.1. The summed E-state index contributed by atoms with van der Waals surface area (Å²) in [5, 5.41) is 0. The largest absolute Gasteiger partial charge is 0.468 e. The lowest BCUT2D eigenvalue weighted by atomic mass is 9.77. The molecule has 0 saturated heterocycles. The fraction of sp³-hybridized carbons (Fsp3) is 0.278. The van der Waals surface area contributed by atoms with E-state index in [-0.39, 0.29) is 12.6 Å². The molecule has 0 spiro atoms. The Hall–Kier alpha value is -2.13. The average Bonchev–Trinajstić information content (AvgIpc) is 2.80. The van der Waals surface area contributed by atoms with Crippen LogP contribution in [0.3, 0.4) is 0 Å². The van der Waals surface area contributed by atoms with Gasteiger partial charge in [-0.3, -0.25) is 4.79 Å². The molecule has 1 aliphatic rings. The number of benzene rings is 2. The molecular weight excluding hydrogens is 264 g/mol. The normalized spacial score (nSPS) is 19.0. The lowest BCUT2D eigenvalue weighted by Crippen LogP contribution is -2.41. The molecule has 108 valence electrons. The van der Waals surface area contributed by atoms with Gasteiger partial charge < -0.3 is 9.47 Å². The number of hydrogen-bond acceptors (Lipinski definition) is 3. The summed E-state index contributed by atoms with van der Waals surface area (Å²) in [7, 11) is 3.04. The number of carbonyl (C=O) groups is 1. The first-order chi connectivity index (χ1) is 10.2. The van der Waals surface area contributed by atoms with Crippen LogP contribution in [0.25, 0.3) is 11.1 Å². The highest BCUT2D eigenvalue weighted by Gasteiger charge is 2.51. The second-order valence-electron chi connectivity index (χ2n) is 5.37. The van der Waals surface area contributed by atoms with Crippen LogP contribution in [-0.4, -0.2) is 26.8 Å². The molecule has 0 heterocycles. The number of fused-ring (bicyclic) bond motifs is 3. The SMILES string of the molecule is COCC1(C(=O)OC)c2ccccc2-c2cccc(C)c21. The van der Waals surface area contributed by atoms with Gasteiger partial charge in [0.25, 0.3) is 0 Å². The molecule has 0 saturated carbocycles. The van der Waals surface area contributed by atoms with Gasteiger partial charge in [0.1, 0.15) is 5.41 Å². The van der Waals surface area contributed by atoms with Crippen molar-refractivity contribution in [2.45, 2.75) is 12.3 Å². The summed E-state index contributed by atoms with van der Waals surface area (Å²) in [6.07, 6.45) is 0. The maximum atomic E-state index is 12.7. The standard InChI is InChI=1S/C18H18O3/c1-12-7-6-9-14-13-8-4-5-10-15(13)18(11-20-2,16(12)14)17(19)21-3/h4-10H,11H2,1-3H3. The minimum absolute atomic E-state index is 0.272. The number of carbonyl (C=O) groups excluding carboxylic acids is 1. The third-order valence-corrected chi connectivity index (χ3v) is 4.27. The molecule has 0 aromatic heterocycles. The van der Waals surface area contributed by atoms with Crippen molar-refractivity contribution < 1.29 is 14.3 Å². The van der Waals surface area contributed by atoms with Gasteiger partial charge in [-0.05, 0) is 34.7 Å². The molecule has 3 nitrogen and oxygen atoms in total. The maximum absolute atomic E-state index is 12.7. The number of esters is 1. The van der Waals surface area contributed by atoms with Gasteiger partial charge in [0.05, 0.1) is 13.7 Å². The van der Waals surface area contributed by atoms with E-state index in [2.05, 4.69) is 6.07 Å². The zero-order chi connectivity index (χ0) is 15.0. The van der Waals surface area contributed by atoms with E-state index < -0.39 is 5.41 Å². The van der Waals surface area contributed by atoms with Crippen molar-refractivity contribution in [3.63, 3.8) is 0 Å². The first kappa shape index (κ1) is 13.8. The van der Waals surface area contributed by atoms with Crippen LogP contribution in [0.4, 0.5) is 0 Å². The van der Waals surface area contributed by atoms with E-state index in [0.717, 1.165) is 27.8 Å². The highest BCUT2D eigenvalue weighted by atomic mass is 16.5. The Balaban J connectivity index is 2.41. The predicted molar refractivity (Wildman–Crippen MR) is 81.3 cm³/mol. The van der Waals surface area contributed by atoms with Crippen molar-refractivity contribution in [1.29, 1.82) is 0 Å². The molecule has 1 atom stereocenters. The number of rotatable bonds is 3. The van der Waals surface area contributed by atoms with Crippen molar-refractivity contribution in [3.05, 3.63) is 59.2 Å². The van der Waals surface area contributed by atoms with Gasteiger partial charge in [0.2, 0.25) is 0 Å². The lowest BCUT2D eigenvalue weighted by Gasteiger charge is -2.29. The van der Waals surface area contributed by atoms with Crippen LogP contribution < -0.4 is 0 Å². The molecule has 21 heavy (non-hydrogen) atoms. The van der Waals surface area contributed by atoms with Gasteiger partial charge in [0, 0.05) is 7.11 Å². The Morgan fingerprint density at radius 3 is 2.48 bits per heavy atom. The molecule has 2 aromatic carbocycles. The Bertz CT molecular complexity index is 705. The Morgan fingerprint density at radius 1 is 1.05 bits per heavy atom. The fourth-order valence-electron chi connectivity index (χ4n) is 3.50. The molecule has 0 N–H and O–H groups in total. The minimum Gasteiger partial charge on any atom is -0.468 e. The van der Waals surface area contributed by atoms with E-state index in [1.165, 1.54) is 7.11 Å². The van der Waals surface area contributed by atoms with Gasteiger partial charge >= 0.3 is 5.97 Å². The molecule has 0 aliphatic heterocycles. The van der Waals surface area contributed by atoms with Crippen molar-refractivity contribution in [2.75, 3.05) is 20.8 Å². The van der Waals surface area contributed by atoms with Gasteiger partial charge in [0.15, 0.2) is 0 Å². The second kappa shape index (κ2) is 5.01. The molecule has 2 aromatic rings. The molecule has 0 fully saturated rings. The van der Waals surface area contributed by atoms with E-state index in [4.69, 9.17) is 9.47 Å². The van der Waals surface area contributed by atoms with Crippen molar-refractivity contribution in [3.8, 4) is 11.1 Å². The Kier molecular flexibility index (Phi) is 3.30. The molecule has 0 amide bonds. The van der Waals surface area contributed by atoms with Crippen molar-refractivity contribution in [1.82, 2.24) is 0 Å². The number of aryl methyl sites for hydroxylation is 1. The van der Waals surface area contributed by atoms with Crippen LogP contribution in [0.5, 0.6) is 0 Å². The van der Waals surface area contributed by atoms with Gasteiger partial charge in [-0.1, -0.05) is 42.5 Å². The molecule has 3 rings (SSSR count). The smallest absolute Gasteiger partial charge is 0.323 e. The molecule has 1 unspecified atom stereocenters. The number of methoxy groups -OCH3 is 2. The van der Waals surface area contributed by atoms with Crippen LogP contribution in [0, 0.1) is 6.92 Å². The molecular formula is C18H18O3. The maximum Gasteiger partial charge on any atom is 0.323 e. The van der Waals surface area contributed by atoms with Gasteiger partial charge in [-0.2, -0.15) is 0 Å². The highest BCUT2D eigenvalue weighted by Crippen LogP contribution is 2.50. The van der Waals surface area contributed by atoms with Crippen molar-refractivity contribution >= 4 is 5.97 Å². The lowest BCUT2D eigenvalue weighted by molar-refractivity contribution is -0.147. The summed E-state index contributed by atoms with van der Waals surface area (Å²) < 4.78 is 10.6. The van der Waals surface area contributed by atoms with E-state index in [9.17, 15) is 4.79 Å². The van der Waals surface area contributed by atoms with Crippen LogP contribution in [0.2, 0.25) is 0 Å². The quantitative estimate of drug-likeness (QED) is 0.812. The fourth-order valence-corrected chi connectivity index (χ4v) is 3.50. The van der Waals surface area contributed by atoms with Crippen molar-refractivity contribution in [2.24, 2.45) is 0 Å². The summed E-state index contributed by atoms with van der Waals surface area (Å²) in [5.41, 5.74) is 4.33. The monoisotopic (exact) mass is 282 g/mol. The predicted octanol–water partition coefficient (Wildman–Crippen LogP) is 3.08. The van der Waals surface area contributed by atoms with Crippen LogP contribution in [0.1, 0.15) is 16.7 Å². The zero-order valence-electron chi connectivity index (χ0n) is 12.5. The first-order valence-corrected chi connectivity index (χ1v) is 6.94.